The fraction of sp³-hybridized carbons (Fsp3) is 0.381. The van der Waals surface area contributed by atoms with Crippen molar-refractivity contribution in [2.75, 3.05) is 0 Å². The van der Waals surface area contributed by atoms with E-state index in [4.69, 9.17) is 0 Å². The van der Waals surface area contributed by atoms with Crippen molar-refractivity contribution < 1.29 is 32.6 Å². The van der Waals surface area contributed by atoms with Crippen LogP contribution in [0.15, 0.2) is 48.5 Å². The second-order valence-electron chi connectivity index (χ2n) is 7.79. The largest absolute Gasteiger partial charge is 0.465 e. The van der Waals surface area contributed by atoms with Crippen LogP contribution in [0.25, 0.3) is 0 Å². The average Bonchev–Trinajstić information content (AvgIpc) is 2.59. The summed E-state index contributed by atoms with van der Waals surface area (Å²) in [6, 6.07) is 8.34. The minimum absolute atomic E-state index is 0.0275. The normalized spacial score (nSPS) is 14.3. The molecule has 2 unspecified atom stereocenters. The molecular weight excluding hydrogens is 390 g/mol. The van der Waals surface area contributed by atoms with Crippen LogP contribution >= 0.6 is 0 Å². The Morgan fingerprint density at radius 1 is 1.00 bits per heavy atom. The quantitative estimate of drug-likeness (QED) is 0.657. The van der Waals surface area contributed by atoms with Crippen molar-refractivity contribution >= 4 is 6.09 Å². The first-order valence-corrected chi connectivity index (χ1v) is 8.92. The highest BCUT2D eigenvalue weighted by Crippen LogP contribution is 2.32. The van der Waals surface area contributed by atoms with Crippen LogP contribution < -0.4 is 0 Å². The van der Waals surface area contributed by atoms with Crippen LogP contribution in [-0.4, -0.2) is 32.8 Å². The van der Waals surface area contributed by atoms with Gasteiger partial charge in [-0.2, -0.15) is 13.2 Å². The van der Waals surface area contributed by atoms with Gasteiger partial charge in [0, 0.05) is 5.54 Å². The molecule has 29 heavy (non-hydrogen) atoms. The Labute approximate surface area is 166 Å². The van der Waals surface area contributed by atoms with Gasteiger partial charge in [-0.15, -0.1) is 0 Å². The first-order valence-electron chi connectivity index (χ1n) is 8.92. The van der Waals surface area contributed by atoms with E-state index in [2.05, 4.69) is 0 Å². The topological polar surface area (TPSA) is 60.8 Å². The highest BCUT2D eigenvalue weighted by molar-refractivity contribution is 5.66. The summed E-state index contributed by atoms with van der Waals surface area (Å²) in [5.74, 6) is -0.508. The molecule has 0 aliphatic carbocycles. The van der Waals surface area contributed by atoms with E-state index in [1.807, 2.05) is 0 Å². The molecule has 0 spiro atoms. The number of hydrogen-bond donors (Lipinski definition) is 2. The Hall–Kier alpha value is -2.61. The number of carbonyl (C=O) groups is 1. The smallest absolute Gasteiger partial charge is 0.416 e. The lowest BCUT2D eigenvalue weighted by Gasteiger charge is -2.42. The lowest BCUT2D eigenvalue weighted by atomic mass is 9.91. The van der Waals surface area contributed by atoms with E-state index < -0.39 is 41.3 Å². The maximum absolute atomic E-state index is 13.2. The molecule has 4 nitrogen and oxygen atoms in total. The minimum Gasteiger partial charge on any atom is -0.465 e. The number of nitrogens with zero attached hydrogens (tertiary/aromatic N) is 1. The summed E-state index contributed by atoms with van der Waals surface area (Å²) in [6.45, 7) is 4.95. The van der Waals surface area contributed by atoms with E-state index in [1.54, 1.807) is 20.8 Å². The van der Waals surface area contributed by atoms with Gasteiger partial charge >= 0.3 is 12.3 Å². The Morgan fingerprint density at radius 2 is 1.52 bits per heavy atom. The van der Waals surface area contributed by atoms with Crippen molar-refractivity contribution in [1.82, 2.24) is 4.90 Å². The average molecular weight is 413 g/mol. The third-order valence-corrected chi connectivity index (χ3v) is 4.56. The minimum atomic E-state index is -4.48. The van der Waals surface area contributed by atoms with Gasteiger partial charge in [0.05, 0.1) is 17.7 Å². The zero-order chi connectivity index (χ0) is 22.0. The fourth-order valence-corrected chi connectivity index (χ4v) is 3.22. The van der Waals surface area contributed by atoms with Gasteiger partial charge < -0.3 is 10.2 Å². The number of alkyl halides is 3. The van der Waals surface area contributed by atoms with Crippen molar-refractivity contribution in [2.24, 2.45) is 0 Å². The van der Waals surface area contributed by atoms with Gasteiger partial charge in [0.1, 0.15) is 5.82 Å². The van der Waals surface area contributed by atoms with Gasteiger partial charge in [-0.1, -0.05) is 24.3 Å². The molecular formula is C21H23F4NO3. The maximum Gasteiger partial charge on any atom is 0.416 e. The number of aliphatic hydroxyl groups excluding tert-OH is 1. The standard InChI is InChI=1S/C21H23F4NO3/c1-20(2,3)26(19(28)29)17(18(27)14-6-10-16(22)11-7-14)12-13-4-8-15(9-5-13)21(23,24)25/h4-11,17-18,27H,12H2,1-3H3,(H,28,29). The molecule has 0 aromatic heterocycles. The highest BCUT2D eigenvalue weighted by Gasteiger charge is 2.38. The van der Waals surface area contributed by atoms with Gasteiger partial charge in [-0.05, 0) is 62.6 Å². The van der Waals surface area contributed by atoms with Crippen LogP contribution in [0.2, 0.25) is 0 Å². The zero-order valence-corrected chi connectivity index (χ0v) is 16.2. The Balaban J connectivity index is 2.43. The maximum atomic E-state index is 13.2. The van der Waals surface area contributed by atoms with Gasteiger partial charge in [-0.25, -0.2) is 9.18 Å². The molecule has 0 heterocycles. The first-order chi connectivity index (χ1) is 13.3. The monoisotopic (exact) mass is 413 g/mol. The number of rotatable bonds is 5. The third-order valence-electron chi connectivity index (χ3n) is 4.56. The van der Waals surface area contributed by atoms with Crippen LogP contribution in [0.4, 0.5) is 22.4 Å². The van der Waals surface area contributed by atoms with E-state index in [-0.39, 0.29) is 6.42 Å². The van der Waals surface area contributed by atoms with E-state index in [0.29, 0.717) is 11.1 Å². The summed E-state index contributed by atoms with van der Waals surface area (Å²) in [5.41, 5.74) is -0.982. The molecule has 0 bridgehead atoms. The van der Waals surface area contributed by atoms with E-state index in [1.165, 1.54) is 24.3 Å². The second-order valence-corrected chi connectivity index (χ2v) is 7.79. The summed E-state index contributed by atoms with van der Waals surface area (Å²) < 4.78 is 51.6. The fourth-order valence-electron chi connectivity index (χ4n) is 3.22. The van der Waals surface area contributed by atoms with E-state index in [0.717, 1.165) is 29.2 Å². The molecule has 0 radical (unpaired) electrons. The molecule has 0 saturated carbocycles. The van der Waals surface area contributed by atoms with Gasteiger partial charge in [0.25, 0.3) is 0 Å². The molecule has 2 N–H and O–H groups in total. The molecule has 2 aromatic rings. The molecule has 158 valence electrons. The third kappa shape index (κ3) is 5.69. The van der Waals surface area contributed by atoms with Crippen LogP contribution in [0.3, 0.4) is 0 Å². The van der Waals surface area contributed by atoms with Crippen LogP contribution in [0.1, 0.15) is 43.6 Å². The van der Waals surface area contributed by atoms with Crippen molar-refractivity contribution in [1.29, 1.82) is 0 Å². The number of halogens is 4. The lowest BCUT2D eigenvalue weighted by molar-refractivity contribution is -0.137. The molecule has 1 amide bonds. The number of hydrogen-bond acceptors (Lipinski definition) is 2. The molecule has 2 atom stereocenters. The van der Waals surface area contributed by atoms with Crippen molar-refractivity contribution in [3.63, 3.8) is 0 Å². The predicted molar refractivity (Wildman–Crippen MR) is 99.9 cm³/mol. The summed E-state index contributed by atoms with van der Waals surface area (Å²) in [7, 11) is 0. The Bertz CT molecular complexity index is 827. The Morgan fingerprint density at radius 3 is 1.93 bits per heavy atom. The summed E-state index contributed by atoms with van der Waals surface area (Å²) in [6.07, 6.45) is -7.10. The van der Waals surface area contributed by atoms with Gasteiger partial charge in [0.15, 0.2) is 0 Å². The summed E-state index contributed by atoms with van der Waals surface area (Å²) in [4.78, 5) is 13.0. The summed E-state index contributed by atoms with van der Waals surface area (Å²) in [5, 5.41) is 20.6. The second kappa shape index (κ2) is 8.41. The van der Waals surface area contributed by atoms with Crippen molar-refractivity contribution in [3.8, 4) is 0 Å². The van der Waals surface area contributed by atoms with Gasteiger partial charge in [-0.3, -0.25) is 4.90 Å². The molecule has 0 fully saturated rings. The van der Waals surface area contributed by atoms with Crippen LogP contribution in [0, 0.1) is 5.82 Å². The van der Waals surface area contributed by atoms with E-state index >= 15 is 0 Å². The zero-order valence-electron chi connectivity index (χ0n) is 16.2. The first kappa shape index (κ1) is 22.7. The molecule has 2 rings (SSSR count). The SMILES string of the molecule is CC(C)(C)N(C(=O)O)C(Cc1ccc(C(F)(F)F)cc1)C(O)c1ccc(F)cc1. The lowest BCUT2D eigenvalue weighted by Crippen LogP contribution is -2.54. The number of aliphatic hydroxyl groups is 1. The van der Waals surface area contributed by atoms with Gasteiger partial charge in [0.2, 0.25) is 0 Å². The van der Waals surface area contributed by atoms with Crippen molar-refractivity contribution in [3.05, 3.63) is 71.0 Å². The van der Waals surface area contributed by atoms with Crippen LogP contribution in [0.5, 0.6) is 0 Å². The summed E-state index contributed by atoms with van der Waals surface area (Å²) >= 11 is 0. The molecule has 2 aromatic carbocycles. The number of amides is 1. The molecule has 8 heteroatoms. The molecule has 0 aliphatic rings. The highest BCUT2D eigenvalue weighted by atomic mass is 19.4. The predicted octanol–water partition coefficient (Wildman–Crippen LogP) is 5.27. The van der Waals surface area contributed by atoms with Crippen LogP contribution in [-0.2, 0) is 12.6 Å². The number of carboxylic acid groups (broad SMARTS) is 1. The van der Waals surface area contributed by atoms with Crippen molar-refractivity contribution in [2.45, 2.75) is 51.1 Å². The molecule has 0 saturated heterocycles. The number of benzene rings is 2. The molecule has 0 aliphatic heterocycles. The Kier molecular flexibility index (Phi) is 6.57. The van der Waals surface area contributed by atoms with E-state index in [9.17, 15) is 32.6 Å².